The average Bonchev–Trinajstić information content (AvgIpc) is 3.18. The molecule has 2 aromatic carbocycles. The van der Waals surface area contributed by atoms with E-state index >= 15 is 0 Å². The summed E-state index contributed by atoms with van der Waals surface area (Å²) >= 11 is 0. The van der Waals surface area contributed by atoms with Crippen LogP contribution in [-0.4, -0.2) is 0 Å². The van der Waals surface area contributed by atoms with E-state index in [-0.39, 0.29) is 17.1 Å². The third kappa shape index (κ3) is 2.77. The molecule has 4 rings (SSSR count). The SMILES string of the molecule is CC1(C)C2CCC1(C)C(c1cc[cH-]c1P)C2.[Fe+2].c1cc[cH-]c1. The van der Waals surface area contributed by atoms with Gasteiger partial charge in [0.2, 0.25) is 0 Å². The number of hydrogen-bond acceptors (Lipinski definition) is 0. The van der Waals surface area contributed by atoms with Crippen LogP contribution in [0.3, 0.4) is 0 Å². The van der Waals surface area contributed by atoms with Crippen molar-refractivity contribution >= 4 is 14.5 Å². The van der Waals surface area contributed by atoms with Gasteiger partial charge in [0.25, 0.3) is 0 Å². The van der Waals surface area contributed by atoms with Gasteiger partial charge in [0, 0.05) is 0 Å². The summed E-state index contributed by atoms with van der Waals surface area (Å²) in [6.07, 6.45) is 4.28. The average molecular weight is 354 g/mol. The van der Waals surface area contributed by atoms with Crippen LogP contribution in [0.5, 0.6) is 0 Å². The molecular weight excluding hydrogens is 327 g/mol. The Bertz CT molecular complexity index is 563. The second-order valence-electron chi connectivity index (χ2n) is 7.56. The van der Waals surface area contributed by atoms with Gasteiger partial charge in [-0.25, -0.2) is 18.2 Å². The molecule has 0 N–H and O–H groups in total. The summed E-state index contributed by atoms with van der Waals surface area (Å²) in [6, 6.07) is 16.8. The van der Waals surface area contributed by atoms with Crippen molar-refractivity contribution in [3.8, 4) is 0 Å². The number of rotatable bonds is 1. The summed E-state index contributed by atoms with van der Waals surface area (Å²) in [4.78, 5) is 0. The van der Waals surface area contributed by atoms with Crippen molar-refractivity contribution < 1.29 is 17.1 Å². The molecule has 0 saturated heterocycles. The third-order valence-corrected chi connectivity index (χ3v) is 7.14. The van der Waals surface area contributed by atoms with Crippen molar-refractivity contribution in [2.75, 3.05) is 0 Å². The monoisotopic (exact) mass is 354 g/mol. The summed E-state index contributed by atoms with van der Waals surface area (Å²) in [6.45, 7) is 7.52. The molecule has 0 spiro atoms. The molecule has 0 aromatic heterocycles. The first kappa shape index (κ1) is 18.0. The van der Waals surface area contributed by atoms with E-state index in [4.69, 9.17) is 0 Å². The maximum absolute atomic E-state index is 2.91. The summed E-state index contributed by atoms with van der Waals surface area (Å²) in [7, 11) is 2.91. The minimum atomic E-state index is 0. The first-order valence-corrected chi connectivity index (χ1v) is 8.72. The van der Waals surface area contributed by atoms with Crippen LogP contribution in [0.1, 0.15) is 51.5 Å². The largest absolute Gasteiger partial charge is 2.00 e. The summed E-state index contributed by atoms with van der Waals surface area (Å²) in [5.74, 6) is 1.74. The fourth-order valence-electron chi connectivity index (χ4n) is 4.76. The van der Waals surface area contributed by atoms with Crippen molar-refractivity contribution in [2.45, 2.75) is 46.0 Å². The standard InChI is InChI=1S/C15H22P.C5H5.Fe/c1-14(2)10-7-8-15(14,3)12(9-10)11-5-4-6-13(11)16;1-2-4-5-3-1;/h4-6,10,12H,7-9,16H2,1-3H3;1-5H;/q2*-1;+2. The van der Waals surface area contributed by atoms with E-state index in [9.17, 15) is 0 Å². The zero-order valence-corrected chi connectivity index (χ0v) is 16.1. The molecule has 120 valence electrons. The zero-order chi connectivity index (χ0) is 15.1. The Balaban J connectivity index is 0.000000253. The van der Waals surface area contributed by atoms with E-state index in [0.717, 1.165) is 11.8 Å². The molecule has 2 aliphatic rings. The molecule has 4 unspecified atom stereocenters. The molecule has 2 aromatic rings. The molecule has 2 aliphatic carbocycles. The van der Waals surface area contributed by atoms with Gasteiger partial charge in [-0.05, 0) is 29.6 Å². The van der Waals surface area contributed by atoms with Crippen LogP contribution in [0.2, 0.25) is 0 Å². The van der Waals surface area contributed by atoms with Gasteiger partial charge in [0.1, 0.15) is 0 Å². The van der Waals surface area contributed by atoms with Crippen molar-refractivity contribution in [1.29, 1.82) is 0 Å². The van der Waals surface area contributed by atoms with Crippen molar-refractivity contribution in [3.05, 3.63) is 54.1 Å². The predicted octanol–water partition coefficient (Wildman–Crippen LogP) is 5.24. The predicted molar refractivity (Wildman–Crippen MR) is 95.4 cm³/mol. The minimum Gasteiger partial charge on any atom is -0.214 e. The molecule has 4 atom stereocenters. The van der Waals surface area contributed by atoms with E-state index < -0.39 is 0 Å². The van der Waals surface area contributed by atoms with E-state index in [1.807, 2.05) is 30.3 Å². The van der Waals surface area contributed by atoms with E-state index in [1.165, 1.54) is 24.6 Å². The molecule has 0 amide bonds. The van der Waals surface area contributed by atoms with E-state index in [1.54, 1.807) is 5.56 Å². The molecule has 2 saturated carbocycles. The molecule has 0 nitrogen and oxygen atoms in total. The van der Waals surface area contributed by atoms with Gasteiger partial charge in [0.15, 0.2) is 0 Å². The van der Waals surface area contributed by atoms with E-state index in [0.29, 0.717) is 10.8 Å². The maximum Gasteiger partial charge on any atom is 2.00 e. The van der Waals surface area contributed by atoms with Crippen LogP contribution in [-0.2, 0) is 17.1 Å². The van der Waals surface area contributed by atoms with Crippen LogP contribution in [0, 0.1) is 16.7 Å². The van der Waals surface area contributed by atoms with Gasteiger partial charge in [-0.1, -0.05) is 33.1 Å². The molecule has 0 heterocycles. The normalized spacial score (nSPS) is 31.3. The summed E-state index contributed by atoms with van der Waals surface area (Å²) in [5, 5.41) is 1.43. The van der Waals surface area contributed by atoms with Crippen LogP contribution in [0.15, 0.2) is 48.5 Å². The Labute approximate surface area is 148 Å². The topological polar surface area (TPSA) is 0 Å². The molecule has 0 aliphatic heterocycles. The Hall–Kier alpha value is -0.351. The Morgan fingerprint density at radius 3 is 2.18 bits per heavy atom. The van der Waals surface area contributed by atoms with Gasteiger partial charge >= 0.3 is 17.1 Å². The van der Waals surface area contributed by atoms with Crippen molar-refractivity contribution in [1.82, 2.24) is 0 Å². The van der Waals surface area contributed by atoms with Crippen LogP contribution < -0.4 is 5.30 Å². The summed E-state index contributed by atoms with van der Waals surface area (Å²) in [5.41, 5.74) is 2.66. The second kappa shape index (κ2) is 6.64. The zero-order valence-electron chi connectivity index (χ0n) is 13.8. The minimum absolute atomic E-state index is 0. The Kier molecular flexibility index (Phi) is 5.43. The Morgan fingerprint density at radius 2 is 1.82 bits per heavy atom. The molecule has 0 radical (unpaired) electrons. The smallest absolute Gasteiger partial charge is 0.214 e. The Morgan fingerprint density at radius 1 is 1.14 bits per heavy atom. The quantitative estimate of drug-likeness (QED) is 0.373. The first-order valence-electron chi connectivity index (χ1n) is 8.14. The van der Waals surface area contributed by atoms with Crippen LogP contribution >= 0.6 is 9.24 Å². The maximum atomic E-state index is 2.91. The molecule has 2 bridgehead atoms. The molecule has 2 heteroatoms. The first-order chi connectivity index (χ1) is 9.97. The van der Waals surface area contributed by atoms with Gasteiger partial charge < -0.3 is 0 Å². The fourth-order valence-corrected chi connectivity index (χ4v) is 5.17. The van der Waals surface area contributed by atoms with Crippen molar-refractivity contribution in [3.63, 3.8) is 0 Å². The van der Waals surface area contributed by atoms with Crippen LogP contribution in [0.4, 0.5) is 0 Å². The fraction of sp³-hybridized carbons (Fsp3) is 0.500. The summed E-state index contributed by atoms with van der Waals surface area (Å²) < 4.78 is 0. The molecule has 2 fully saturated rings. The van der Waals surface area contributed by atoms with Crippen LogP contribution in [0.25, 0.3) is 0 Å². The van der Waals surface area contributed by atoms with Gasteiger partial charge in [0.05, 0.1) is 0 Å². The number of hydrogen-bond donors (Lipinski definition) is 0. The second-order valence-corrected chi connectivity index (χ2v) is 8.18. The van der Waals surface area contributed by atoms with Gasteiger partial charge in [-0.3, -0.25) is 0 Å². The van der Waals surface area contributed by atoms with Gasteiger partial charge in [-0.15, -0.1) is 14.5 Å². The molecular formula is C20H27FeP. The third-order valence-electron chi connectivity index (χ3n) is 6.61. The van der Waals surface area contributed by atoms with Gasteiger partial charge in [-0.2, -0.15) is 35.9 Å². The molecule has 22 heavy (non-hydrogen) atoms. The van der Waals surface area contributed by atoms with Crippen molar-refractivity contribution in [2.24, 2.45) is 16.7 Å². The number of fused-ring (bicyclic) bond motifs is 2. The van der Waals surface area contributed by atoms with E-state index in [2.05, 4.69) is 48.2 Å².